The zero-order valence-electron chi connectivity index (χ0n) is 16.3. The highest BCUT2D eigenvalue weighted by Crippen LogP contribution is 2.31. The number of hydrogen-bond acceptors (Lipinski definition) is 4. The van der Waals surface area contributed by atoms with E-state index in [-0.39, 0.29) is 24.4 Å². The van der Waals surface area contributed by atoms with Gasteiger partial charge in [-0.15, -0.1) is 11.3 Å². The Balaban J connectivity index is 1.59. The first-order valence-corrected chi connectivity index (χ1v) is 10.3. The summed E-state index contributed by atoms with van der Waals surface area (Å²) < 4.78 is 1.52. The first kappa shape index (κ1) is 19.1. The largest absolute Gasteiger partial charge is 0.326 e. The number of aryl methyl sites for hydroxylation is 3. The van der Waals surface area contributed by atoms with Crippen molar-refractivity contribution in [2.45, 2.75) is 26.8 Å². The Morgan fingerprint density at radius 1 is 1.10 bits per heavy atom. The van der Waals surface area contributed by atoms with Crippen LogP contribution in [0, 0.1) is 13.8 Å². The summed E-state index contributed by atoms with van der Waals surface area (Å²) in [7, 11) is 0. The van der Waals surface area contributed by atoms with Crippen LogP contribution in [-0.2, 0) is 11.3 Å². The number of amides is 1. The van der Waals surface area contributed by atoms with Crippen LogP contribution in [0.25, 0.3) is 21.3 Å². The van der Waals surface area contributed by atoms with Gasteiger partial charge < -0.3 is 5.32 Å². The molecule has 1 N–H and O–H groups in total. The summed E-state index contributed by atoms with van der Waals surface area (Å²) in [5.41, 5.74) is 4.94. The number of nitrogens with one attached hydrogen (secondary N) is 1. The van der Waals surface area contributed by atoms with Gasteiger partial charge in [0, 0.05) is 29.6 Å². The van der Waals surface area contributed by atoms with Crippen LogP contribution in [-0.4, -0.2) is 15.5 Å². The molecule has 0 spiro atoms. The van der Waals surface area contributed by atoms with Gasteiger partial charge in [-0.3, -0.25) is 14.2 Å². The second kappa shape index (κ2) is 8.01. The maximum Gasteiger partial charge on any atom is 0.262 e. The van der Waals surface area contributed by atoms with Crippen LogP contribution in [0.5, 0.6) is 0 Å². The lowest BCUT2D eigenvalue weighted by Crippen LogP contribution is -2.23. The van der Waals surface area contributed by atoms with Gasteiger partial charge in [-0.2, -0.15) is 0 Å². The predicted octanol–water partition coefficient (Wildman–Crippen LogP) is 4.77. The number of rotatable bonds is 5. The average Bonchev–Trinajstić information content (AvgIpc) is 3.15. The molecule has 2 heterocycles. The zero-order chi connectivity index (χ0) is 20.4. The summed E-state index contributed by atoms with van der Waals surface area (Å²) in [5, 5.41) is 5.44. The molecule has 0 bridgehead atoms. The summed E-state index contributed by atoms with van der Waals surface area (Å²) in [4.78, 5) is 30.5. The Morgan fingerprint density at radius 3 is 2.66 bits per heavy atom. The molecule has 5 nitrogen and oxygen atoms in total. The van der Waals surface area contributed by atoms with Gasteiger partial charge in [-0.25, -0.2) is 4.98 Å². The molecule has 2 aromatic heterocycles. The highest BCUT2D eigenvalue weighted by Gasteiger charge is 2.14. The van der Waals surface area contributed by atoms with E-state index >= 15 is 0 Å². The number of anilines is 1. The minimum Gasteiger partial charge on any atom is -0.326 e. The predicted molar refractivity (Wildman–Crippen MR) is 118 cm³/mol. The molecule has 0 aliphatic carbocycles. The van der Waals surface area contributed by atoms with E-state index in [1.807, 2.05) is 41.8 Å². The molecular weight excluding hydrogens is 382 g/mol. The van der Waals surface area contributed by atoms with E-state index in [0.29, 0.717) is 10.2 Å². The summed E-state index contributed by atoms with van der Waals surface area (Å²) in [6, 6.07) is 15.5. The molecule has 0 aliphatic rings. The third-order valence-electron chi connectivity index (χ3n) is 5.02. The highest BCUT2D eigenvalue weighted by atomic mass is 32.1. The SMILES string of the molecule is Cc1ccc(-c2csc3ncn(CCC(=O)Nc4ccccc4)c(=O)c23)cc1C. The van der Waals surface area contributed by atoms with E-state index in [9.17, 15) is 9.59 Å². The number of carbonyl (C=O) groups excluding carboxylic acids is 1. The van der Waals surface area contributed by atoms with Crippen molar-refractivity contribution < 1.29 is 4.79 Å². The van der Waals surface area contributed by atoms with Gasteiger partial charge in [-0.05, 0) is 42.7 Å². The molecule has 0 radical (unpaired) electrons. The van der Waals surface area contributed by atoms with Crippen molar-refractivity contribution in [2.24, 2.45) is 0 Å². The van der Waals surface area contributed by atoms with E-state index in [4.69, 9.17) is 0 Å². The van der Waals surface area contributed by atoms with Crippen LogP contribution < -0.4 is 10.9 Å². The van der Waals surface area contributed by atoms with Gasteiger partial charge in [0.05, 0.1) is 11.7 Å². The van der Waals surface area contributed by atoms with Crippen molar-refractivity contribution >= 4 is 33.1 Å². The van der Waals surface area contributed by atoms with Crippen LogP contribution >= 0.6 is 11.3 Å². The van der Waals surface area contributed by atoms with Gasteiger partial charge in [0.1, 0.15) is 4.83 Å². The molecule has 0 saturated carbocycles. The number of carbonyl (C=O) groups is 1. The van der Waals surface area contributed by atoms with Crippen LogP contribution in [0.15, 0.2) is 65.0 Å². The molecule has 0 aliphatic heterocycles. The van der Waals surface area contributed by atoms with Crippen molar-refractivity contribution in [1.29, 1.82) is 0 Å². The fourth-order valence-electron chi connectivity index (χ4n) is 3.22. The van der Waals surface area contributed by atoms with E-state index < -0.39 is 0 Å². The summed E-state index contributed by atoms with van der Waals surface area (Å²) in [6.45, 7) is 4.41. The molecule has 0 atom stereocenters. The van der Waals surface area contributed by atoms with E-state index in [0.717, 1.165) is 16.8 Å². The Labute approximate surface area is 172 Å². The Kier molecular flexibility index (Phi) is 5.27. The van der Waals surface area contributed by atoms with Gasteiger partial charge in [0.15, 0.2) is 0 Å². The molecule has 6 heteroatoms. The number of nitrogens with zero attached hydrogens (tertiary/aromatic N) is 2. The smallest absolute Gasteiger partial charge is 0.262 e. The summed E-state index contributed by atoms with van der Waals surface area (Å²) in [5.74, 6) is -0.136. The van der Waals surface area contributed by atoms with Crippen molar-refractivity contribution in [3.8, 4) is 11.1 Å². The van der Waals surface area contributed by atoms with Gasteiger partial charge in [-0.1, -0.05) is 36.4 Å². The fourth-order valence-corrected chi connectivity index (χ4v) is 4.12. The minimum atomic E-state index is -0.136. The number of hydrogen-bond donors (Lipinski definition) is 1. The second-order valence-electron chi connectivity index (χ2n) is 7.04. The van der Waals surface area contributed by atoms with Gasteiger partial charge >= 0.3 is 0 Å². The highest BCUT2D eigenvalue weighted by molar-refractivity contribution is 7.17. The lowest BCUT2D eigenvalue weighted by Gasteiger charge is -2.08. The first-order chi connectivity index (χ1) is 14.0. The summed E-state index contributed by atoms with van der Waals surface area (Å²) >= 11 is 1.46. The number of fused-ring (bicyclic) bond motifs is 1. The van der Waals surface area contributed by atoms with Gasteiger partial charge in [0.25, 0.3) is 5.56 Å². The third-order valence-corrected chi connectivity index (χ3v) is 5.90. The van der Waals surface area contributed by atoms with Crippen LogP contribution in [0.1, 0.15) is 17.5 Å². The quantitative estimate of drug-likeness (QED) is 0.522. The number of aromatic nitrogens is 2. The number of para-hydroxylation sites is 1. The lowest BCUT2D eigenvalue weighted by atomic mass is 10.0. The van der Waals surface area contributed by atoms with Crippen molar-refractivity contribution in [1.82, 2.24) is 9.55 Å². The first-order valence-electron chi connectivity index (χ1n) is 9.42. The molecule has 4 rings (SSSR count). The van der Waals surface area contributed by atoms with Gasteiger partial charge in [0.2, 0.25) is 5.91 Å². The topological polar surface area (TPSA) is 64.0 Å². The maximum absolute atomic E-state index is 13.1. The molecule has 0 fully saturated rings. The monoisotopic (exact) mass is 403 g/mol. The van der Waals surface area contributed by atoms with E-state index in [2.05, 4.69) is 36.3 Å². The Bertz CT molecular complexity index is 1240. The Morgan fingerprint density at radius 2 is 1.90 bits per heavy atom. The average molecular weight is 404 g/mol. The van der Waals surface area contributed by atoms with Crippen molar-refractivity contribution in [2.75, 3.05) is 5.32 Å². The standard InChI is InChI=1S/C23H21N3O2S/c1-15-8-9-17(12-16(15)2)19-13-29-22-21(19)23(28)26(14-24-22)11-10-20(27)25-18-6-4-3-5-7-18/h3-9,12-14H,10-11H2,1-2H3,(H,25,27). The molecule has 29 heavy (non-hydrogen) atoms. The van der Waals surface area contributed by atoms with E-state index in [1.54, 1.807) is 0 Å². The van der Waals surface area contributed by atoms with Crippen molar-refractivity contribution in [3.05, 3.63) is 81.7 Å². The van der Waals surface area contributed by atoms with Crippen LogP contribution in [0.2, 0.25) is 0 Å². The van der Waals surface area contributed by atoms with Crippen LogP contribution in [0.4, 0.5) is 5.69 Å². The lowest BCUT2D eigenvalue weighted by molar-refractivity contribution is -0.116. The fraction of sp³-hybridized carbons (Fsp3) is 0.174. The number of benzene rings is 2. The molecule has 2 aromatic carbocycles. The molecular formula is C23H21N3O2S. The zero-order valence-corrected chi connectivity index (χ0v) is 17.1. The summed E-state index contributed by atoms with van der Waals surface area (Å²) in [6.07, 6.45) is 1.73. The second-order valence-corrected chi connectivity index (χ2v) is 7.89. The third kappa shape index (κ3) is 3.98. The van der Waals surface area contributed by atoms with Crippen molar-refractivity contribution in [3.63, 3.8) is 0 Å². The molecule has 0 saturated heterocycles. The Hall–Kier alpha value is -3.25. The maximum atomic E-state index is 13.1. The molecule has 0 unspecified atom stereocenters. The molecule has 146 valence electrons. The number of thiophene rings is 1. The minimum absolute atomic E-state index is 0.114. The molecule has 4 aromatic rings. The molecule has 1 amide bonds. The van der Waals surface area contributed by atoms with Crippen LogP contribution in [0.3, 0.4) is 0 Å². The normalized spacial score (nSPS) is 11.0. The van der Waals surface area contributed by atoms with E-state index in [1.165, 1.54) is 33.4 Å².